The zero-order chi connectivity index (χ0) is 11.4. The fourth-order valence-corrected chi connectivity index (χ4v) is 1.09. The first-order valence-electron chi connectivity index (χ1n) is 4.82. The molecule has 1 aromatic rings. The lowest BCUT2D eigenvalue weighted by Gasteiger charge is -2.05. The van der Waals surface area contributed by atoms with Crippen molar-refractivity contribution in [1.29, 1.82) is 0 Å². The van der Waals surface area contributed by atoms with E-state index in [1.807, 2.05) is 19.9 Å². The van der Waals surface area contributed by atoms with E-state index in [4.69, 9.17) is 5.73 Å². The molecular weight excluding hydrogens is 188 g/mol. The van der Waals surface area contributed by atoms with Gasteiger partial charge < -0.3 is 10.8 Å². The van der Waals surface area contributed by atoms with E-state index in [-0.39, 0.29) is 11.7 Å². The Morgan fingerprint density at radius 1 is 1.60 bits per heavy atom. The van der Waals surface area contributed by atoms with Crippen molar-refractivity contribution in [3.63, 3.8) is 0 Å². The normalized spacial score (nSPS) is 14.2. The zero-order valence-electron chi connectivity index (χ0n) is 9.07. The number of aromatic nitrogens is 1. The maximum Gasteiger partial charge on any atom is 0.136 e. The van der Waals surface area contributed by atoms with Gasteiger partial charge in [-0.05, 0) is 17.2 Å². The zero-order valence-corrected chi connectivity index (χ0v) is 9.07. The standard InChI is InChI=1S/C12H16N2O/c1-8(2)12(13)11(15)7-10-9(3)5-4-6-14-10/h4-8,15H,3,13H2,1-2H3/b10-7+,12-11+. The van der Waals surface area contributed by atoms with Gasteiger partial charge in [0.2, 0.25) is 0 Å². The highest BCUT2D eigenvalue weighted by molar-refractivity contribution is 5.43. The van der Waals surface area contributed by atoms with Gasteiger partial charge in [-0.1, -0.05) is 26.5 Å². The molecule has 0 spiro atoms. The van der Waals surface area contributed by atoms with Crippen molar-refractivity contribution >= 4 is 12.7 Å². The van der Waals surface area contributed by atoms with Crippen LogP contribution < -0.4 is 16.3 Å². The minimum atomic E-state index is 0.0635. The summed E-state index contributed by atoms with van der Waals surface area (Å²) in [6.07, 6.45) is 3.19. The SMILES string of the molecule is C=c1cccn/c1=C/C(O)=C(\N)C(C)C. The molecular formula is C12H16N2O. The van der Waals surface area contributed by atoms with E-state index in [9.17, 15) is 5.11 Å². The van der Waals surface area contributed by atoms with Gasteiger partial charge in [-0.15, -0.1) is 0 Å². The Bertz CT molecular complexity index is 475. The molecule has 0 aliphatic carbocycles. The third-order valence-electron chi connectivity index (χ3n) is 2.12. The largest absolute Gasteiger partial charge is 0.506 e. The van der Waals surface area contributed by atoms with Crippen LogP contribution >= 0.6 is 0 Å². The van der Waals surface area contributed by atoms with Gasteiger partial charge in [-0.25, -0.2) is 0 Å². The molecule has 0 saturated carbocycles. The molecule has 0 saturated heterocycles. The highest BCUT2D eigenvalue weighted by Crippen LogP contribution is 2.06. The van der Waals surface area contributed by atoms with Gasteiger partial charge >= 0.3 is 0 Å². The molecule has 0 atom stereocenters. The Morgan fingerprint density at radius 2 is 2.27 bits per heavy atom. The first-order valence-corrected chi connectivity index (χ1v) is 4.82. The van der Waals surface area contributed by atoms with Gasteiger partial charge in [0.25, 0.3) is 0 Å². The molecule has 0 aliphatic heterocycles. The maximum absolute atomic E-state index is 9.70. The van der Waals surface area contributed by atoms with E-state index in [0.29, 0.717) is 11.0 Å². The van der Waals surface area contributed by atoms with Gasteiger partial charge in [0.1, 0.15) is 5.76 Å². The predicted octanol–water partition coefficient (Wildman–Crippen LogP) is 0.657. The van der Waals surface area contributed by atoms with Gasteiger partial charge in [0, 0.05) is 12.3 Å². The maximum atomic E-state index is 9.70. The van der Waals surface area contributed by atoms with Crippen LogP contribution in [0.25, 0.3) is 12.7 Å². The molecule has 3 heteroatoms. The number of pyridine rings is 1. The Morgan fingerprint density at radius 3 is 2.80 bits per heavy atom. The molecule has 1 aromatic heterocycles. The fourth-order valence-electron chi connectivity index (χ4n) is 1.09. The number of nitrogens with two attached hydrogens (primary N) is 1. The number of hydrogen-bond acceptors (Lipinski definition) is 3. The number of hydrogen-bond donors (Lipinski definition) is 2. The number of allylic oxidation sites excluding steroid dienone is 2. The predicted molar refractivity (Wildman–Crippen MR) is 62.2 cm³/mol. The minimum absolute atomic E-state index is 0.0635. The number of rotatable bonds is 2. The summed E-state index contributed by atoms with van der Waals surface area (Å²) in [5.74, 6) is 0.173. The first-order chi connectivity index (χ1) is 7.02. The third-order valence-corrected chi connectivity index (χ3v) is 2.12. The van der Waals surface area contributed by atoms with E-state index < -0.39 is 0 Å². The van der Waals surface area contributed by atoms with Crippen molar-refractivity contribution < 1.29 is 5.11 Å². The van der Waals surface area contributed by atoms with Crippen LogP contribution in [0.5, 0.6) is 0 Å². The van der Waals surface area contributed by atoms with Crippen LogP contribution in [0.2, 0.25) is 0 Å². The summed E-state index contributed by atoms with van der Waals surface area (Å²) in [6.45, 7) is 7.65. The van der Waals surface area contributed by atoms with E-state index in [2.05, 4.69) is 11.6 Å². The summed E-state index contributed by atoms with van der Waals surface area (Å²) >= 11 is 0. The first kappa shape index (κ1) is 11.3. The highest BCUT2D eigenvalue weighted by Gasteiger charge is 2.02. The molecule has 3 nitrogen and oxygen atoms in total. The molecule has 0 bridgehead atoms. The van der Waals surface area contributed by atoms with Crippen LogP contribution in [0.4, 0.5) is 0 Å². The van der Waals surface area contributed by atoms with Gasteiger partial charge in [-0.2, -0.15) is 0 Å². The second-order valence-electron chi connectivity index (χ2n) is 3.69. The average Bonchev–Trinajstić information content (AvgIpc) is 2.20. The van der Waals surface area contributed by atoms with Crippen LogP contribution in [-0.2, 0) is 0 Å². The van der Waals surface area contributed by atoms with Crippen molar-refractivity contribution in [2.75, 3.05) is 0 Å². The Hall–Kier alpha value is -1.77. The Kier molecular flexibility index (Phi) is 3.50. The molecule has 15 heavy (non-hydrogen) atoms. The third kappa shape index (κ3) is 2.84. The molecule has 80 valence electrons. The average molecular weight is 204 g/mol. The van der Waals surface area contributed by atoms with Crippen molar-refractivity contribution in [2.45, 2.75) is 13.8 Å². The molecule has 1 heterocycles. The van der Waals surface area contributed by atoms with Crippen molar-refractivity contribution in [2.24, 2.45) is 11.7 Å². The van der Waals surface area contributed by atoms with E-state index in [1.54, 1.807) is 12.3 Å². The summed E-state index contributed by atoms with van der Waals surface area (Å²) < 4.78 is 0. The van der Waals surface area contributed by atoms with Crippen molar-refractivity contribution in [3.05, 3.63) is 40.4 Å². The molecule has 0 aliphatic rings. The number of nitrogens with zero attached hydrogens (tertiary/aromatic N) is 1. The fraction of sp³-hybridized carbons (Fsp3) is 0.250. The van der Waals surface area contributed by atoms with Gasteiger partial charge in [-0.3, -0.25) is 4.98 Å². The minimum Gasteiger partial charge on any atom is -0.506 e. The van der Waals surface area contributed by atoms with Crippen LogP contribution in [0.15, 0.2) is 29.8 Å². The molecule has 0 aromatic carbocycles. The monoisotopic (exact) mass is 204 g/mol. The topological polar surface area (TPSA) is 59.1 Å². The van der Waals surface area contributed by atoms with Crippen molar-refractivity contribution in [3.8, 4) is 0 Å². The van der Waals surface area contributed by atoms with Crippen LogP contribution in [0, 0.1) is 5.92 Å². The lowest BCUT2D eigenvalue weighted by atomic mass is 10.1. The lowest BCUT2D eigenvalue weighted by molar-refractivity contribution is 0.424. The van der Waals surface area contributed by atoms with Crippen molar-refractivity contribution in [1.82, 2.24) is 4.98 Å². The summed E-state index contributed by atoms with van der Waals surface area (Å²) in [7, 11) is 0. The summed E-state index contributed by atoms with van der Waals surface area (Å²) in [4.78, 5) is 4.09. The molecule has 0 unspecified atom stereocenters. The number of aliphatic hydroxyl groups is 1. The van der Waals surface area contributed by atoms with E-state index in [1.165, 1.54) is 6.08 Å². The summed E-state index contributed by atoms with van der Waals surface area (Å²) in [5.41, 5.74) is 6.17. The van der Waals surface area contributed by atoms with E-state index in [0.717, 1.165) is 5.22 Å². The summed E-state index contributed by atoms with van der Waals surface area (Å²) in [6, 6.07) is 3.63. The second kappa shape index (κ2) is 4.64. The number of aliphatic hydroxyl groups excluding tert-OH is 1. The molecule has 0 amide bonds. The van der Waals surface area contributed by atoms with E-state index >= 15 is 0 Å². The smallest absolute Gasteiger partial charge is 0.136 e. The molecule has 0 fully saturated rings. The summed E-state index contributed by atoms with van der Waals surface area (Å²) in [5, 5.41) is 11.1. The molecule has 1 rings (SSSR count). The molecule has 0 radical (unpaired) electrons. The Labute approximate surface area is 89.3 Å². The lowest BCUT2D eigenvalue weighted by Crippen LogP contribution is -2.26. The van der Waals surface area contributed by atoms with Gasteiger partial charge in [0.05, 0.1) is 11.0 Å². The second-order valence-corrected chi connectivity index (χ2v) is 3.69. The Balaban J connectivity index is 3.26. The van der Waals surface area contributed by atoms with Crippen LogP contribution in [0.1, 0.15) is 13.8 Å². The van der Waals surface area contributed by atoms with Crippen LogP contribution in [-0.4, -0.2) is 10.1 Å². The highest BCUT2D eigenvalue weighted by atomic mass is 16.3. The quantitative estimate of drug-likeness (QED) is 0.696. The molecule has 3 N–H and O–H groups in total. The van der Waals surface area contributed by atoms with Gasteiger partial charge in [0.15, 0.2) is 0 Å². The van der Waals surface area contributed by atoms with Crippen LogP contribution in [0.3, 0.4) is 0 Å².